The zero-order valence-electron chi connectivity index (χ0n) is 15.0. The number of thiazole rings is 1. The number of likely N-dealkylation sites (tertiary alicyclic amines) is 1. The van der Waals surface area contributed by atoms with Gasteiger partial charge in [0.1, 0.15) is 10.5 Å². The van der Waals surface area contributed by atoms with Crippen molar-refractivity contribution >= 4 is 22.4 Å². The Hall–Kier alpha value is -2.50. The highest BCUT2D eigenvalue weighted by Gasteiger charge is 2.26. The van der Waals surface area contributed by atoms with Crippen molar-refractivity contribution in [1.29, 1.82) is 0 Å². The number of hydrogen-bond acceptors (Lipinski definition) is 5. The third kappa shape index (κ3) is 3.53. The van der Waals surface area contributed by atoms with E-state index in [-0.39, 0.29) is 0 Å². The zero-order valence-corrected chi connectivity index (χ0v) is 15.9. The van der Waals surface area contributed by atoms with E-state index in [9.17, 15) is 0 Å². The van der Waals surface area contributed by atoms with Crippen LogP contribution in [0.1, 0.15) is 30.3 Å². The molecule has 0 aliphatic carbocycles. The molecule has 1 unspecified atom stereocenters. The average Bonchev–Trinajstić information content (AvgIpc) is 3.36. The van der Waals surface area contributed by atoms with Crippen LogP contribution in [0.2, 0.25) is 0 Å². The Morgan fingerprint density at radius 1 is 1.04 bits per heavy atom. The monoisotopic (exact) mass is 375 g/mol. The fraction of sp³-hybridized carbons (Fsp3) is 0.273. The van der Waals surface area contributed by atoms with Crippen LogP contribution in [0.3, 0.4) is 0 Å². The van der Waals surface area contributed by atoms with Gasteiger partial charge in [0.2, 0.25) is 0 Å². The summed E-state index contributed by atoms with van der Waals surface area (Å²) >= 11 is 1.72. The summed E-state index contributed by atoms with van der Waals surface area (Å²) in [6, 6.07) is 18.4. The molecule has 1 aliphatic heterocycles. The zero-order chi connectivity index (χ0) is 18.1. The second kappa shape index (κ2) is 7.25. The van der Waals surface area contributed by atoms with Crippen LogP contribution < -0.4 is 0 Å². The van der Waals surface area contributed by atoms with Gasteiger partial charge in [0, 0.05) is 30.0 Å². The highest BCUT2D eigenvalue weighted by atomic mass is 32.1. The molecule has 2 aromatic carbocycles. The van der Waals surface area contributed by atoms with E-state index in [1.807, 2.05) is 30.3 Å². The molecule has 0 radical (unpaired) electrons. The molecule has 2 aromatic heterocycles. The molecule has 5 rings (SSSR count). The quantitative estimate of drug-likeness (QED) is 0.483. The highest BCUT2D eigenvalue weighted by molar-refractivity contribution is 7.13. The second-order valence-electron chi connectivity index (χ2n) is 7.10. The maximum absolute atomic E-state index is 6.02. The van der Waals surface area contributed by atoms with E-state index in [0.717, 1.165) is 53.7 Å². The summed E-state index contributed by atoms with van der Waals surface area (Å²) in [4.78, 5) is 12.0. The standard InChI is InChI=1S/C22H21N3OS/c1-2-7-16(8-3-1)22-23-18(15-27-22)14-25-12-6-9-17(13-25)21-24-19-10-4-5-11-20(19)26-21/h1-5,7-8,10-11,15,17H,6,9,12-14H2. The number of piperidine rings is 1. The van der Waals surface area contributed by atoms with Gasteiger partial charge in [0.05, 0.1) is 5.69 Å². The van der Waals surface area contributed by atoms with Crippen LogP contribution in [0.25, 0.3) is 21.7 Å². The van der Waals surface area contributed by atoms with Gasteiger partial charge >= 0.3 is 0 Å². The predicted molar refractivity (Wildman–Crippen MR) is 109 cm³/mol. The normalized spacial score (nSPS) is 18.1. The van der Waals surface area contributed by atoms with Crippen molar-refractivity contribution in [3.63, 3.8) is 0 Å². The van der Waals surface area contributed by atoms with Crippen molar-refractivity contribution in [3.05, 3.63) is 71.6 Å². The van der Waals surface area contributed by atoms with Crippen LogP contribution in [0.15, 0.2) is 64.4 Å². The lowest BCUT2D eigenvalue weighted by Crippen LogP contribution is -2.34. The minimum atomic E-state index is 0.360. The van der Waals surface area contributed by atoms with Crippen LogP contribution >= 0.6 is 11.3 Å². The largest absolute Gasteiger partial charge is 0.440 e. The Labute approximate surface area is 162 Å². The smallest absolute Gasteiger partial charge is 0.199 e. The number of oxazole rings is 1. The molecule has 0 N–H and O–H groups in total. The van der Waals surface area contributed by atoms with E-state index in [1.165, 1.54) is 12.0 Å². The van der Waals surface area contributed by atoms with Gasteiger partial charge in [-0.2, -0.15) is 0 Å². The number of nitrogens with zero attached hydrogens (tertiary/aromatic N) is 3. The van der Waals surface area contributed by atoms with E-state index in [2.05, 4.69) is 34.5 Å². The molecular formula is C22H21N3OS. The summed E-state index contributed by atoms with van der Waals surface area (Å²) in [5.41, 5.74) is 4.18. The van der Waals surface area contributed by atoms with Crippen LogP contribution in [0, 0.1) is 0 Å². The Morgan fingerprint density at radius 2 is 1.89 bits per heavy atom. The van der Waals surface area contributed by atoms with Gasteiger partial charge in [0.25, 0.3) is 0 Å². The summed E-state index contributed by atoms with van der Waals surface area (Å²) in [6.45, 7) is 2.97. The summed E-state index contributed by atoms with van der Waals surface area (Å²) < 4.78 is 6.02. The number of benzene rings is 2. The first-order valence-corrected chi connectivity index (χ1v) is 10.3. The predicted octanol–water partition coefficient (Wildman–Crippen LogP) is 5.33. The van der Waals surface area contributed by atoms with Crippen LogP contribution in [0.5, 0.6) is 0 Å². The summed E-state index contributed by atoms with van der Waals surface area (Å²) in [5.74, 6) is 1.24. The average molecular weight is 375 g/mol. The van der Waals surface area contributed by atoms with Crippen molar-refractivity contribution in [2.24, 2.45) is 0 Å². The molecule has 3 heterocycles. The van der Waals surface area contributed by atoms with E-state index in [1.54, 1.807) is 11.3 Å². The maximum atomic E-state index is 6.02. The van der Waals surface area contributed by atoms with E-state index in [0.29, 0.717) is 5.92 Å². The lowest BCUT2D eigenvalue weighted by molar-refractivity contribution is 0.186. The number of fused-ring (bicyclic) bond motifs is 1. The molecule has 4 nitrogen and oxygen atoms in total. The summed E-state index contributed by atoms with van der Waals surface area (Å²) in [5, 5.41) is 3.28. The van der Waals surface area contributed by atoms with Crippen LogP contribution in [0.4, 0.5) is 0 Å². The van der Waals surface area contributed by atoms with Crippen molar-refractivity contribution in [2.75, 3.05) is 13.1 Å². The molecule has 0 spiro atoms. The second-order valence-corrected chi connectivity index (χ2v) is 7.96. The molecule has 1 aliphatic rings. The Kier molecular flexibility index (Phi) is 4.47. The minimum absolute atomic E-state index is 0.360. The topological polar surface area (TPSA) is 42.2 Å². The van der Waals surface area contributed by atoms with Gasteiger partial charge in [-0.25, -0.2) is 9.97 Å². The first kappa shape index (κ1) is 16.7. The van der Waals surface area contributed by atoms with Gasteiger partial charge < -0.3 is 4.42 Å². The minimum Gasteiger partial charge on any atom is -0.440 e. The lowest BCUT2D eigenvalue weighted by atomic mass is 9.98. The first-order chi connectivity index (χ1) is 13.3. The molecule has 1 saturated heterocycles. The van der Waals surface area contributed by atoms with Gasteiger partial charge in [-0.1, -0.05) is 42.5 Å². The van der Waals surface area contributed by atoms with Crippen LogP contribution in [-0.2, 0) is 6.54 Å². The summed E-state index contributed by atoms with van der Waals surface area (Å²) in [7, 11) is 0. The van der Waals surface area contributed by atoms with Crippen molar-refractivity contribution in [3.8, 4) is 10.6 Å². The molecule has 4 aromatic rings. The van der Waals surface area contributed by atoms with Gasteiger partial charge in [-0.05, 0) is 31.5 Å². The Bertz CT molecular complexity index is 1010. The summed E-state index contributed by atoms with van der Waals surface area (Å²) in [6.07, 6.45) is 2.30. The third-order valence-corrected chi connectivity index (χ3v) is 6.06. The Morgan fingerprint density at radius 3 is 2.78 bits per heavy atom. The number of rotatable bonds is 4. The Balaban J connectivity index is 1.29. The highest BCUT2D eigenvalue weighted by Crippen LogP contribution is 2.30. The van der Waals surface area contributed by atoms with Gasteiger partial charge in [-0.15, -0.1) is 11.3 Å². The number of hydrogen-bond donors (Lipinski definition) is 0. The first-order valence-electron chi connectivity index (χ1n) is 9.43. The fourth-order valence-electron chi connectivity index (χ4n) is 3.79. The van der Waals surface area contributed by atoms with Crippen molar-refractivity contribution < 1.29 is 4.42 Å². The van der Waals surface area contributed by atoms with Gasteiger partial charge in [0.15, 0.2) is 11.5 Å². The molecule has 0 amide bonds. The van der Waals surface area contributed by atoms with Gasteiger partial charge in [-0.3, -0.25) is 4.90 Å². The molecule has 27 heavy (non-hydrogen) atoms. The molecule has 0 bridgehead atoms. The van der Waals surface area contributed by atoms with Crippen molar-refractivity contribution in [1.82, 2.24) is 14.9 Å². The van der Waals surface area contributed by atoms with Crippen molar-refractivity contribution in [2.45, 2.75) is 25.3 Å². The van der Waals surface area contributed by atoms with E-state index in [4.69, 9.17) is 14.4 Å². The SMILES string of the molecule is c1ccc(-c2nc(CN3CCCC(c4nc5ccccc5o4)C3)cs2)cc1. The molecule has 1 fully saturated rings. The molecule has 136 valence electrons. The van der Waals surface area contributed by atoms with E-state index >= 15 is 0 Å². The molecule has 5 heteroatoms. The van der Waals surface area contributed by atoms with Crippen LogP contribution in [-0.4, -0.2) is 28.0 Å². The molecule has 0 saturated carbocycles. The van der Waals surface area contributed by atoms with E-state index < -0.39 is 0 Å². The maximum Gasteiger partial charge on any atom is 0.199 e. The third-order valence-electron chi connectivity index (χ3n) is 5.12. The lowest BCUT2D eigenvalue weighted by Gasteiger charge is -2.30. The number of aromatic nitrogens is 2. The molecular weight excluding hydrogens is 354 g/mol. The number of para-hydroxylation sites is 2. The molecule has 1 atom stereocenters. The fourth-order valence-corrected chi connectivity index (χ4v) is 4.60.